The van der Waals surface area contributed by atoms with E-state index in [1.54, 1.807) is 0 Å². The summed E-state index contributed by atoms with van der Waals surface area (Å²) in [6.07, 6.45) is 0. The molecule has 3 nitrogen and oxygen atoms in total. The Morgan fingerprint density at radius 2 is 1.71 bits per heavy atom. The Kier molecular flexibility index (Phi) is 4.37. The Bertz CT molecular complexity index is 667. The number of aryl methyl sites for hydroxylation is 2. The zero-order valence-electron chi connectivity index (χ0n) is 12.4. The second-order valence-corrected chi connectivity index (χ2v) is 6.34. The normalized spacial score (nSPS) is 13.5. The molecule has 1 amide bonds. The summed E-state index contributed by atoms with van der Waals surface area (Å²) in [5.74, 6) is -0.409. The van der Waals surface area contributed by atoms with Crippen LogP contribution in [-0.2, 0) is 10.3 Å². The molecule has 110 valence electrons. The first-order valence-corrected chi connectivity index (χ1v) is 7.53. The third-order valence-corrected chi connectivity index (χ3v) is 4.34. The Morgan fingerprint density at radius 1 is 1.10 bits per heavy atom. The van der Waals surface area contributed by atoms with Gasteiger partial charge in [0.1, 0.15) is 5.54 Å². The van der Waals surface area contributed by atoms with E-state index in [2.05, 4.69) is 21.2 Å². The van der Waals surface area contributed by atoms with Crippen molar-refractivity contribution in [3.05, 3.63) is 63.6 Å². The zero-order chi connectivity index (χ0) is 15.6. The van der Waals surface area contributed by atoms with Crippen molar-refractivity contribution in [1.29, 1.82) is 0 Å². The highest BCUT2D eigenvalue weighted by atomic mass is 79.9. The summed E-state index contributed by atoms with van der Waals surface area (Å²) < 4.78 is 0.986. The van der Waals surface area contributed by atoms with Crippen LogP contribution in [0.5, 0.6) is 0 Å². The third-order valence-electron chi connectivity index (χ3n) is 3.82. The van der Waals surface area contributed by atoms with Crippen LogP contribution in [0, 0.1) is 13.8 Å². The number of amides is 1. The summed E-state index contributed by atoms with van der Waals surface area (Å²) in [6.45, 7) is 5.88. The van der Waals surface area contributed by atoms with E-state index in [9.17, 15) is 4.79 Å². The molecule has 0 bridgehead atoms. The molecule has 0 saturated carbocycles. The van der Waals surface area contributed by atoms with E-state index in [1.807, 2.05) is 63.2 Å². The minimum absolute atomic E-state index is 0.409. The summed E-state index contributed by atoms with van der Waals surface area (Å²) >= 11 is 3.40. The predicted octanol–water partition coefficient (Wildman–Crippen LogP) is 3.88. The molecule has 0 radical (unpaired) electrons. The van der Waals surface area contributed by atoms with Crippen molar-refractivity contribution in [1.82, 2.24) is 0 Å². The highest BCUT2D eigenvalue weighted by Crippen LogP contribution is 2.28. The molecule has 2 rings (SSSR count). The van der Waals surface area contributed by atoms with Gasteiger partial charge in [-0.05, 0) is 61.7 Å². The lowest BCUT2D eigenvalue weighted by Crippen LogP contribution is -2.45. The fourth-order valence-electron chi connectivity index (χ4n) is 2.15. The van der Waals surface area contributed by atoms with Gasteiger partial charge in [0.25, 0.3) is 0 Å². The molecule has 3 N–H and O–H groups in total. The number of primary amides is 1. The molecule has 0 aliphatic rings. The Morgan fingerprint density at radius 3 is 2.24 bits per heavy atom. The van der Waals surface area contributed by atoms with E-state index in [4.69, 9.17) is 5.73 Å². The highest BCUT2D eigenvalue weighted by molar-refractivity contribution is 9.10. The van der Waals surface area contributed by atoms with Gasteiger partial charge in [-0.25, -0.2) is 0 Å². The number of rotatable bonds is 4. The largest absolute Gasteiger partial charge is 0.368 e. The first kappa shape index (κ1) is 15.6. The number of carbonyl (C=O) groups is 1. The maximum Gasteiger partial charge on any atom is 0.247 e. The summed E-state index contributed by atoms with van der Waals surface area (Å²) in [4.78, 5) is 12.0. The van der Waals surface area contributed by atoms with Gasteiger partial charge >= 0.3 is 0 Å². The predicted molar refractivity (Wildman–Crippen MR) is 90.2 cm³/mol. The van der Waals surface area contributed by atoms with Crippen LogP contribution >= 0.6 is 15.9 Å². The van der Waals surface area contributed by atoms with Crippen molar-refractivity contribution in [3.63, 3.8) is 0 Å². The van der Waals surface area contributed by atoms with Crippen LogP contribution in [0.4, 0.5) is 5.69 Å². The first-order chi connectivity index (χ1) is 9.83. The maximum atomic E-state index is 12.0. The highest BCUT2D eigenvalue weighted by Gasteiger charge is 2.33. The van der Waals surface area contributed by atoms with Crippen molar-refractivity contribution >= 4 is 27.5 Å². The van der Waals surface area contributed by atoms with Crippen LogP contribution in [0.2, 0.25) is 0 Å². The maximum absolute atomic E-state index is 12.0. The van der Waals surface area contributed by atoms with E-state index < -0.39 is 11.4 Å². The van der Waals surface area contributed by atoms with Gasteiger partial charge in [0, 0.05) is 10.2 Å². The minimum Gasteiger partial charge on any atom is -0.368 e. The molecule has 2 aromatic carbocycles. The quantitative estimate of drug-likeness (QED) is 0.882. The van der Waals surface area contributed by atoms with Crippen LogP contribution < -0.4 is 11.1 Å². The number of halogens is 1. The molecule has 0 spiro atoms. The minimum atomic E-state index is -0.952. The standard InChI is InChI=1S/C17H19BrN2O/c1-11-4-5-13(10-12(11)2)17(3,16(19)21)20-15-8-6-14(18)7-9-15/h4-10,20H,1-3H3,(H2,19,21). The molecule has 0 saturated heterocycles. The number of carbonyl (C=O) groups excluding carboxylic acids is 1. The van der Waals surface area contributed by atoms with Gasteiger partial charge in [-0.1, -0.05) is 34.1 Å². The molecule has 21 heavy (non-hydrogen) atoms. The smallest absolute Gasteiger partial charge is 0.247 e. The number of benzene rings is 2. The van der Waals surface area contributed by atoms with Crippen LogP contribution in [0.3, 0.4) is 0 Å². The van der Waals surface area contributed by atoms with Crippen molar-refractivity contribution in [3.8, 4) is 0 Å². The molecule has 0 aliphatic carbocycles. The van der Waals surface area contributed by atoms with Gasteiger partial charge < -0.3 is 11.1 Å². The van der Waals surface area contributed by atoms with Gasteiger partial charge in [0.15, 0.2) is 0 Å². The number of nitrogens with two attached hydrogens (primary N) is 1. The van der Waals surface area contributed by atoms with Crippen LogP contribution in [0.25, 0.3) is 0 Å². The van der Waals surface area contributed by atoms with Crippen LogP contribution in [0.15, 0.2) is 46.9 Å². The van der Waals surface area contributed by atoms with Crippen molar-refractivity contribution in [2.24, 2.45) is 5.73 Å². The first-order valence-electron chi connectivity index (χ1n) is 6.74. The Balaban J connectivity index is 2.42. The van der Waals surface area contributed by atoms with Crippen molar-refractivity contribution in [2.45, 2.75) is 26.3 Å². The van der Waals surface area contributed by atoms with Gasteiger partial charge in [-0.15, -0.1) is 0 Å². The SMILES string of the molecule is Cc1ccc(C(C)(Nc2ccc(Br)cc2)C(N)=O)cc1C. The molecule has 0 aliphatic heterocycles. The Hall–Kier alpha value is -1.81. The molecule has 0 heterocycles. The molecule has 2 aromatic rings. The van der Waals surface area contributed by atoms with E-state index in [0.29, 0.717) is 0 Å². The van der Waals surface area contributed by atoms with Gasteiger partial charge in [0.2, 0.25) is 5.91 Å². The lowest BCUT2D eigenvalue weighted by atomic mass is 9.88. The van der Waals surface area contributed by atoms with E-state index in [1.165, 1.54) is 5.56 Å². The monoisotopic (exact) mass is 346 g/mol. The molecule has 1 unspecified atom stereocenters. The summed E-state index contributed by atoms with van der Waals surface area (Å²) in [5.41, 5.74) is 8.74. The van der Waals surface area contributed by atoms with Crippen molar-refractivity contribution in [2.75, 3.05) is 5.32 Å². The zero-order valence-corrected chi connectivity index (χ0v) is 14.0. The fourth-order valence-corrected chi connectivity index (χ4v) is 2.41. The second-order valence-electron chi connectivity index (χ2n) is 5.42. The number of hydrogen-bond acceptors (Lipinski definition) is 2. The lowest BCUT2D eigenvalue weighted by Gasteiger charge is -2.29. The topological polar surface area (TPSA) is 55.1 Å². The lowest BCUT2D eigenvalue weighted by molar-refractivity contribution is -0.122. The fraction of sp³-hybridized carbons (Fsp3) is 0.235. The summed E-state index contributed by atoms with van der Waals surface area (Å²) in [6, 6.07) is 13.6. The van der Waals surface area contributed by atoms with Crippen LogP contribution in [0.1, 0.15) is 23.6 Å². The van der Waals surface area contributed by atoms with Crippen molar-refractivity contribution < 1.29 is 4.79 Å². The van der Waals surface area contributed by atoms with Crippen LogP contribution in [-0.4, -0.2) is 5.91 Å². The number of anilines is 1. The third kappa shape index (κ3) is 3.27. The number of hydrogen-bond donors (Lipinski definition) is 2. The molecule has 0 fully saturated rings. The van der Waals surface area contributed by atoms with Gasteiger partial charge in [0.05, 0.1) is 0 Å². The van der Waals surface area contributed by atoms with Gasteiger partial charge in [-0.2, -0.15) is 0 Å². The van der Waals surface area contributed by atoms with Gasteiger partial charge in [-0.3, -0.25) is 4.79 Å². The molecular formula is C17H19BrN2O. The Labute approximate surface area is 133 Å². The molecular weight excluding hydrogens is 328 g/mol. The molecule has 1 atom stereocenters. The van der Waals surface area contributed by atoms with E-state index >= 15 is 0 Å². The molecule has 4 heteroatoms. The number of nitrogens with one attached hydrogen (secondary N) is 1. The second kappa shape index (κ2) is 5.90. The van der Waals surface area contributed by atoms with E-state index in [0.717, 1.165) is 21.3 Å². The van der Waals surface area contributed by atoms with E-state index in [-0.39, 0.29) is 0 Å². The summed E-state index contributed by atoms with van der Waals surface area (Å²) in [7, 11) is 0. The average Bonchev–Trinajstić information content (AvgIpc) is 2.44. The average molecular weight is 347 g/mol. The summed E-state index contributed by atoms with van der Waals surface area (Å²) in [5, 5.41) is 3.25. The molecule has 0 aromatic heterocycles.